The quantitative estimate of drug-likeness (QED) is 0.433. The van der Waals surface area contributed by atoms with Crippen molar-refractivity contribution in [2.75, 3.05) is 0 Å². The van der Waals surface area contributed by atoms with Crippen molar-refractivity contribution in [2.45, 2.75) is 0 Å². The highest BCUT2D eigenvalue weighted by atomic mass is 31.2. The van der Waals surface area contributed by atoms with E-state index in [-0.39, 0.29) is 5.39 Å². The molecule has 1 fully saturated rings. The predicted octanol–water partition coefficient (Wildman–Crippen LogP) is -0.345. The summed E-state index contributed by atoms with van der Waals surface area (Å²) in [6.07, 6.45) is 0. The van der Waals surface area contributed by atoms with Gasteiger partial charge in [-0.25, -0.2) is 4.57 Å². The molecule has 0 amide bonds. The number of hydrogen-bond acceptors (Lipinski definition) is 5. The van der Waals surface area contributed by atoms with Crippen molar-refractivity contribution in [3.8, 4) is 0 Å². The molecule has 0 unspecified atom stereocenters. The Kier molecular flexibility index (Phi) is 0.927. The standard InChI is InChI=1S/H2NO5P/c2-1-5-7(3,4)6-1/h2H,(H,3,4). The molecule has 1 heterocycles. The van der Waals surface area contributed by atoms with E-state index in [1.54, 1.807) is 0 Å². The molecule has 0 aliphatic carbocycles. The maximum atomic E-state index is 9.79. The van der Waals surface area contributed by atoms with Crippen molar-refractivity contribution in [2.24, 2.45) is 0 Å². The van der Waals surface area contributed by atoms with E-state index in [2.05, 4.69) is 9.25 Å². The van der Waals surface area contributed by atoms with E-state index >= 15 is 0 Å². The maximum absolute atomic E-state index is 9.79. The largest absolute Gasteiger partial charge is 0.513 e. The highest BCUT2D eigenvalue weighted by Gasteiger charge is 2.40. The Bertz CT molecular complexity index is 109. The molecule has 7 heteroatoms. The highest BCUT2D eigenvalue weighted by molar-refractivity contribution is 7.48. The SMILES string of the molecule is O=P1(O)ON(O)O1. The van der Waals surface area contributed by atoms with Crippen LogP contribution in [0.2, 0.25) is 0 Å². The summed E-state index contributed by atoms with van der Waals surface area (Å²) in [6, 6.07) is 0. The Balaban J connectivity index is 2.44. The first-order valence-corrected chi connectivity index (χ1v) is 2.81. The summed E-state index contributed by atoms with van der Waals surface area (Å²) in [5.74, 6) is 0. The number of nitrogens with zero attached hydrogens (tertiary/aromatic N) is 1. The third-order valence-corrected chi connectivity index (χ3v) is 1.04. The molecule has 0 aromatic heterocycles. The van der Waals surface area contributed by atoms with Gasteiger partial charge in [-0.05, 0) is 0 Å². The first-order chi connectivity index (χ1) is 3.10. The second-order valence-corrected chi connectivity index (χ2v) is 2.13. The van der Waals surface area contributed by atoms with Gasteiger partial charge >= 0.3 is 7.82 Å². The zero-order valence-corrected chi connectivity index (χ0v) is 3.91. The lowest BCUT2D eigenvalue weighted by atomic mass is 13.0. The lowest BCUT2D eigenvalue weighted by Crippen LogP contribution is -2.27. The van der Waals surface area contributed by atoms with E-state index in [1.807, 2.05) is 0 Å². The van der Waals surface area contributed by atoms with Crippen LogP contribution < -0.4 is 0 Å². The van der Waals surface area contributed by atoms with Crippen molar-refractivity contribution in [1.29, 1.82) is 0 Å². The summed E-state index contributed by atoms with van der Waals surface area (Å²) >= 11 is 0. The van der Waals surface area contributed by atoms with Crippen molar-refractivity contribution in [3.05, 3.63) is 0 Å². The molecule has 6 nitrogen and oxygen atoms in total. The second-order valence-electron chi connectivity index (χ2n) is 0.870. The van der Waals surface area contributed by atoms with Crippen LogP contribution in [-0.2, 0) is 13.8 Å². The van der Waals surface area contributed by atoms with Crippen LogP contribution in [0.25, 0.3) is 0 Å². The molecule has 7 heavy (non-hydrogen) atoms. The summed E-state index contributed by atoms with van der Waals surface area (Å²) in [5.41, 5.74) is 0. The highest BCUT2D eigenvalue weighted by Crippen LogP contribution is 2.53. The van der Waals surface area contributed by atoms with Gasteiger partial charge in [0.1, 0.15) is 0 Å². The molecule has 2 N–H and O–H groups in total. The van der Waals surface area contributed by atoms with E-state index in [0.29, 0.717) is 0 Å². The maximum Gasteiger partial charge on any atom is 0.513 e. The summed E-state index contributed by atoms with van der Waals surface area (Å²) in [5, 5.41) is 7.66. The Morgan fingerprint density at radius 1 is 1.57 bits per heavy atom. The summed E-state index contributed by atoms with van der Waals surface area (Å²) in [4.78, 5) is 7.99. The zero-order chi connectivity index (χ0) is 5.49. The number of phosphoric acid groups is 1. The Morgan fingerprint density at radius 2 is 2.00 bits per heavy atom. The molecule has 1 aliphatic rings. The van der Waals surface area contributed by atoms with Crippen LogP contribution in [0.3, 0.4) is 0 Å². The van der Waals surface area contributed by atoms with E-state index in [1.165, 1.54) is 0 Å². The smallest absolute Gasteiger partial charge is 0.300 e. The molecule has 0 saturated carbocycles. The number of hydrogen-bond donors (Lipinski definition) is 2. The van der Waals surface area contributed by atoms with E-state index in [0.717, 1.165) is 0 Å². The van der Waals surface area contributed by atoms with E-state index in [9.17, 15) is 4.57 Å². The third-order valence-electron chi connectivity index (χ3n) is 0.346. The molecule has 1 saturated heterocycles. The van der Waals surface area contributed by atoms with Gasteiger partial charge < -0.3 is 4.89 Å². The minimum Gasteiger partial charge on any atom is -0.300 e. The van der Waals surface area contributed by atoms with Gasteiger partial charge in [-0.2, -0.15) is 0 Å². The van der Waals surface area contributed by atoms with E-state index in [4.69, 9.17) is 10.1 Å². The average molecular weight is 127 g/mol. The number of rotatable bonds is 0. The van der Waals surface area contributed by atoms with Crippen molar-refractivity contribution < 1.29 is 23.9 Å². The first kappa shape index (κ1) is 5.17. The van der Waals surface area contributed by atoms with E-state index < -0.39 is 7.82 Å². The molecule has 1 rings (SSSR count). The molecular formula is H2NO5P. The first-order valence-electron chi connectivity index (χ1n) is 1.31. The zero-order valence-electron chi connectivity index (χ0n) is 3.01. The molecule has 0 aromatic rings. The van der Waals surface area contributed by atoms with Gasteiger partial charge in [0.05, 0.1) is 5.39 Å². The van der Waals surface area contributed by atoms with Gasteiger partial charge in [0, 0.05) is 0 Å². The lowest BCUT2D eigenvalue weighted by Gasteiger charge is -2.24. The van der Waals surface area contributed by atoms with Crippen LogP contribution in [0, 0.1) is 0 Å². The van der Waals surface area contributed by atoms with Crippen LogP contribution in [0.4, 0.5) is 0 Å². The topological polar surface area (TPSA) is 79.2 Å². The second kappa shape index (κ2) is 1.25. The molecule has 0 radical (unpaired) electrons. The fourth-order valence-electron chi connectivity index (χ4n) is 0.183. The summed E-state index contributed by atoms with van der Waals surface area (Å²) < 4.78 is 17.0. The van der Waals surface area contributed by atoms with Gasteiger partial charge in [0.25, 0.3) is 0 Å². The molecule has 0 atom stereocenters. The van der Waals surface area contributed by atoms with Gasteiger partial charge in [-0.15, -0.1) is 9.25 Å². The van der Waals surface area contributed by atoms with Crippen LogP contribution in [0.15, 0.2) is 0 Å². The molecular weight excluding hydrogens is 125 g/mol. The lowest BCUT2D eigenvalue weighted by molar-refractivity contribution is -0.498. The Labute approximate surface area is 38.4 Å². The average Bonchev–Trinajstić information content (AvgIpc) is 1.27. The van der Waals surface area contributed by atoms with Crippen molar-refractivity contribution >= 4 is 7.82 Å². The monoisotopic (exact) mass is 127 g/mol. The molecule has 0 bridgehead atoms. The minimum atomic E-state index is -3.85. The normalized spacial score (nSPS) is 29.4. The van der Waals surface area contributed by atoms with Crippen molar-refractivity contribution in [3.63, 3.8) is 0 Å². The molecule has 42 valence electrons. The Morgan fingerprint density at radius 3 is 2.00 bits per heavy atom. The summed E-state index contributed by atoms with van der Waals surface area (Å²) in [7, 11) is -3.85. The molecule has 0 aromatic carbocycles. The van der Waals surface area contributed by atoms with Gasteiger partial charge in [0.15, 0.2) is 0 Å². The van der Waals surface area contributed by atoms with Crippen LogP contribution in [0.5, 0.6) is 0 Å². The van der Waals surface area contributed by atoms with Crippen LogP contribution >= 0.6 is 7.82 Å². The van der Waals surface area contributed by atoms with Crippen molar-refractivity contribution in [1.82, 2.24) is 5.39 Å². The third kappa shape index (κ3) is 0.973. The Hall–Kier alpha value is 0.0300. The molecule has 1 aliphatic heterocycles. The fraction of sp³-hybridized carbons (Fsp3) is 0. The summed E-state index contributed by atoms with van der Waals surface area (Å²) in [6.45, 7) is 0. The minimum absolute atomic E-state index is 0.180. The molecule has 0 spiro atoms. The van der Waals surface area contributed by atoms with Gasteiger partial charge in [0.2, 0.25) is 0 Å². The van der Waals surface area contributed by atoms with Gasteiger partial charge in [-0.3, -0.25) is 5.21 Å². The van der Waals surface area contributed by atoms with Gasteiger partial charge in [-0.1, -0.05) is 0 Å². The predicted molar refractivity (Wildman–Crippen MR) is 15.6 cm³/mol. The fourth-order valence-corrected chi connectivity index (χ4v) is 0.548. The van der Waals surface area contributed by atoms with Crippen LogP contribution in [-0.4, -0.2) is 15.5 Å². The van der Waals surface area contributed by atoms with Crippen LogP contribution in [0.1, 0.15) is 0 Å².